The average molecular weight is 439 g/mol. The summed E-state index contributed by atoms with van der Waals surface area (Å²) in [6.45, 7) is 0.151. The third-order valence-electron chi connectivity index (χ3n) is 4.95. The molecule has 0 atom stereocenters. The van der Waals surface area contributed by atoms with Gasteiger partial charge in [-0.25, -0.2) is 9.97 Å². The Morgan fingerprint density at radius 1 is 0.844 bits per heavy atom. The zero-order valence-electron chi connectivity index (χ0n) is 17.4. The van der Waals surface area contributed by atoms with E-state index in [2.05, 4.69) is 15.3 Å². The molecule has 0 bridgehead atoms. The lowest BCUT2D eigenvalue weighted by atomic mass is 10.1. The Kier molecular flexibility index (Phi) is 5.85. The maximum atomic E-state index is 13.1. The summed E-state index contributed by atoms with van der Waals surface area (Å²) in [5.74, 6) is 1.98. The van der Waals surface area contributed by atoms with E-state index >= 15 is 0 Å². The van der Waals surface area contributed by atoms with E-state index in [0.717, 1.165) is 17.7 Å². The molecule has 0 saturated carbocycles. The van der Waals surface area contributed by atoms with Crippen LogP contribution in [0, 0.1) is 0 Å². The van der Waals surface area contributed by atoms with Gasteiger partial charge in [-0.2, -0.15) is 13.2 Å². The number of fused-ring (bicyclic) bond motifs is 1. The van der Waals surface area contributed by atoms with Crippen LogP contribution in [0.4, 0.5) is 19.0 Å². The summed E-state index contributed by atoms with van der Waals surface area (Å²) in [5, 5.41) is 3.83. The van der Waals surface area contributed by atoms with Crippen molar-refractivity contribution in [2.45, 2.75) is 12.7 Å². The van der Waals surface area contributed by atoms with Gasteiger partial charge in [-0.15, -0.1) is 0 Å². The lowest BCUT2D eigenvalue weighted by molar-refractivity contribution is -0.137. The molecule has 32 heavy (non-hydrogen) atoms. The number of nitrogens with one attached hydrogen (secondary N) is 1. The van der Waals surface area contributed by atoms with Gasteiger partial charge in [0.1, 0.15) is 5.82 Å². The SMILES string of the molecule is COc1cc2nc(-c3ccccc3)nc(NCc3cccc(C(F)(F)F)c3)c2cc1OC. The first-order chi connectivity index (χ1) is 15.4. The standard InChI is InChI=1S/C24H20F3N3O2/c1-31-20-12-18-19(13-21(20)32-2)29-22(16-8-4-3-5-9-16)30-23(18)28-14-15-7-6-10-17(11-15)24(25,26)27/h3-13H,14H2,1-2H3,(H,28,29,30). The molecule has 0 spiro atoms. The average Bonchev–Trinajstić information content (AvgIpc) is 2.81. The van der Waals surface area contributed by atoms with Gasteiger partial charge in [-0.3, -0.25) is 0 Å². The van der Waals surface area contributed by atoms with Gasteiger partial charge in [0.25, 0.3) is 0 Å². The van der Waals surface area contributed by atoms with Gasteiger partial charge in [0, 0.05) is 23.6 Å². The maximum absolute atomic E-state index is 13.1. The minimum Gasteiger partial charge on any atom is -0.493 e. The Morgan fingerprint density at radius 2 is 1.56 bits per heavy atom. The highest BCUT2D eigenvalue weighted by Gasteiger charge is 2.30. The van der Waals surface area contributed by atoms with Crippen molar-refractivity contribution in [2.24, 2.45) is 0 Å². The molecule has 0 radical (unpaired) electrons. The second-order valence-electron chi connectivity index (χ2n) is 7.04. The number of methoxy groups -OCH3 is 2. The number of rotatable bonds is 6. The molecule has 0 fully saturated rings. The lowest BCUT2D eigenvalue weighted by Gasteiger charge is -2.15. The first kappa shape index (κ1) is 21.4. The van der Waals surface area contributed by atoms with Crippen molar-refractivity contribution in [3.8, 4) is 22.9 Å². The molecule has 0 aliphatic carbocycles. The number of hydrogen-bond acceptors (Lipinski definition) is 5. The number of nitrogens with zero attached hydrogens (tertiary/aromatic N) is 2. The van der Waals surface area contributed by atoms with Gasteiger partial charge >= 0.3 is 6.18 Å². The van der Waals surface area contributed by atoms with Crippen LogP contribution in [0.2, 0.25) is 0 Å². The number of halogens is 3. The Hall–Kier alpha value is -3.81. The summed E-state index contributed by atoms with van der Waals surface area (Å²) in [7, 11) is 3.06. The number of benzene rings is 3. The molecule has 0 aliphatic heterocycles. The predicted molar refractivity (Wildman–Crippen MR) is 117 cm³/mol. The van der Waals surface area contributed by atoms with Crippen LogP contribution in [0.25, 0.3) is 22.3 Å². The van der Waals surface area contributed by atoms with E-state index in [1.165, 1.54) is 20.3 Å². The molecule has 0 unspecified atom stereocenters. The van der Waals surface area contributed by atoms with Crippen LogP contribution in [-0.2, 0) is 12.7 Å². The highest BCUT2D eigenvalue weighted by atomic mass is 19.4. The Labute approximate surface area is 182 Å². The fourth-order valence-electron chi connectivity index (χ4n) is 3.35. The number of hydrogen-bond donors (Lipinski definition) is 1. The van der Waals surface area contributed by atoms with E-state index in [-0.39, 0.29) is 6.54 Å². The van der Waals surface area contributed by atoms with Crippen molar-refractivity contribution in [3.05, 3.63) is 77.9 Å². The predicted octanol–water partition coefficient (Wildman–Crippen LogP) is 5.94. The van der Waals surface area contributed by atoms with Crippen molar-refractivity contribution in [3.63, 3.8) is 0 Å². The van der Waals surface area contributed by atoms with Crippen LogP contribution in [0.5, 0.6) is 11.5 Å². The van der Waals surface area contributed by atoms with Crippen molar-refractivity contribution in [1.29, 1.82) is 0 Å². The molecule has 1 heterocycles. The Morgan fingerprint density at radius 3 is 2.25 bits per heavy atom. The fraction of sp³-hybridized carbons (Fsp3) is 0.167. The largest absolute Gasteiger partial charge is 0.493 e. The topological polar surface area (TPSA) is 56.3 Å². The molecule has 5 nitrogen and oxygen atoms in total. The summed E-state index contributed by atoms with van der Waals surface area (Å²) < 4.78 is 50.0. The summed E-state index contributed by atoms with van der Waals surface area (Å²) in [5.41, 5.74) is 1.21. The number of anilines is 1. The molecule has 1 N–H and O–H groups in total. The molecule has 4 rings (SSSR count). The zero-order valence-corrected chi connectivity index (χ0v) is 17.4. The van der Waals surface area contributed by atoms with Crippen LogP contribution < -0.4 is 14.8 Å². The first-order valence-electron chi connectivity index (χ1n) is 9.78. The molecule has 0 amide bonds. The molecule has 0 aliphatic rings. The van der Waals surface area contributed by atoms with Crippen LogP contribution in [-0.4, -0.2) is 24.2 Å². The highest BCUT2D eigenvalue weighted by molar-refractivity contribution is 5.93. The van der Waals surface area contributed by atoms with Gasteiger partial charge in [0.2, 0.25) is 0 Å². The van der Waals surface area contributed by atoms with Crippen LogP contribution >= 0.6 is 0 Å². The maximum Gasteiger partial charge on any atom is 0.416 e. The second-order valence-corrected chi connectivity index (χ2v) is 7.04. The summed E-state index contributed by atoms with van der Waals surface area (Å²) in [6, 6.07) is 18.1. The van der Waals surface area contributed by atoms with Gasteiger partial charge in [-0.05, 0) is 23.8 Å². The molecule has 0 saturated heterocycles. The smallest absolute Gasteiger partial charge is 0.416 e. The number of ether oxygens (including phenoxy) is 2. The summed E-state index contributed by atoms with van der Waals surface area (Å²) >= 11 is 0. The molecule has 164 valence electrons. The normalized spacial score (nSPS) is 11.4. The third kappa shape index (κ3) is 4.44. The van der Waals surface area contributed by atoms with E-state index in [1.807, 2.05) is 30.3 Å². The monoisotopic (exact) mass is 439 g/mol. The van der Waals surface area contributed by atoms with Gasteiger partial charge in [0.05, 0.1) is 25.3 Å². The molecule has 8 heteroatoms. The minimum absolute atomic E-state index is 0.151. The quantitative estimate of drug-likeness (QED) is 0.403. The minimum atomic E-state index is -4.40. The van der Waals surface area contributed by atoms with Crippen molar-refractivity contribution >= 4 is 16.7 Å². The highest BCUT2D eigenvalue weighted by Crippen LogP contribution is 2.35. The van der Waals surface area contributed by atoms with Gasteiger partial charge in [0.15, 0.2) is 17.3 Å². The Bertz CT molecular complexity index is 1240. The first-order valence-corrected chi connectivity index (χ1v) is 9.78. The van der Waals surface area contributed by atoms with Crippen molar-refractivity contribution in [2.75, 3.05) is 19.5 Å². The van der Waals surface area contributed by atoms with Crippen LogP contribution in [0.1, 0.15) is 11.1 Å². The van der Waals surface area contributed by atoms with E-state index < -0.39 is 11.7 Å². The van der Waals surface area contributed by atoms with E-state index in [0.29, 0.717) is 39.6 Å². The summed E-state index contributed by atoms with van der Waals surface area (Å²) in [4.78, 5) is 9.30. The molecule has 4 aromatic rings. The van der Waals surface area contributed by atoms with Crippen molar-refractivity contribution < 1.29 is 22.6 Å². The number of aromatic nitrogens is 2. The second kappa shape index (κ2) is 8.74. The lowest BCUT2D eigenvalue weighted by Crippen LogP contribution is -2.08. The summed E-state index contributed by atoms with van der Waals surface area (Å²) in [6.07, 6.45) is -4.40. The zero-order chi connectivity index (χ0) is 22.7. The van der Waals surface area contributed by atoms with Gasteiger partial charge in [-0.1, -0.05) is 42.5 Å². The van der Waals surface area contributed by atoms with E-state index in [9.17, 15) is 13.2 Å². The Balaban J connectivity index is 1.78. The third-order valence-corrected chi connectivity index (χ3v) is 4.95. The number of alkyl halides is 3. The van der Waals surface area contributed by atoms with Gasteiger partial charge < -0.3 is 14.8 Å². The molecular weight excluding hydrogens is 419 g/mol. The molecule has 3 aromatic carbocycles. The molecule has 1 aromatic heterocycles. The fourth-order valence-corrected chi connectivity index (χ4v) is 3.35. The van der Waals surface area contributed by atoms with E-state index in [1.54, 1.807) is 18.2 Å². The van der Waals surface area contributed by atoms with Crippen LogP contribution in [0.3, 0.4) is 0 Å². The van der Waals surface area contributed by atoms with E-state index in [4.69, 9.17) is 9.47 Å². The van der Waals surface area contributed by atoms with Crippen molar-refractivity contribution in [1.82, 2.24) is 9.97 Å². The van der Waals surface area contributed by atoms with Crippen LogP contribution in [0.15, 0.2) is 66.7 Å². The molecular formula is C24H20F3N3O2.